The van der Waals surface area contributed by atoms with Crippen LogP contribution in [0.3, 0.4) is 0 Å². The fourth-order valence-corrected chi connectivity index (χ4v) is 3.11. The highest BCUT2D eigenvalue weighted by atomic mass is 19.4. The molecule has 2 aliphatic heterocycles. The van der Waals surface area contributed by atoms with Crippen molar-refractivity contribution in [1.82, 2.24) is 15.2 Å². The predicted molar refractivity (Wildman–Crippen MR) is 75.6 cm³/mol. The van der Waals surface area contributed by atoms with E-state index in [2.05, 4.69) is 15.2 Å². The molecule has 2 aliphatic rings. The Hall–Kier alpha value is -1.83. The van der Waals surface area contributed by atoms with Crippen LogP contribution in [0.4, 0.5) is 18.0 Å². The first-order chi connectivity index (χ1) is 10.9. The molecule has 1 N–H and O–H groups in total. The van der Waals surface area contributed by atoms with Gasteiger partial charge in [0.25, 0.3) is 0 Å². The Balaban J connectivity index is 1.59. The number of pyridine rings is 1. The summed E-state index contributed by atoms with van der Waals surface area (Å²) in [6.07, 6.45) is -1.10. The summed E-state index contributed by atoms with van der Waals surface area (Å²) in [5.41, 5.74) is -0.556. The molecule has 1 aromatic heterocycles. The van der Waals surface area contributed by atoms with Gasteiger partial charge in [0.15, 0.2) is 0 Å². The average Bonchev–Trinajstić information content (AvgIpc) is 2.74. The van der Waals surface area contributed by atoms with Crippen molar-refractivity contribution in [1.29, 1.82) is 0 Å². The number of carbonyl (C=O) groups is 1. The van der Waals surface area contributed by atoms with Crippen LogP contribution in [0, 0.1) is 0 Å². The minimum Gasteiger partial charge on any atom is -0.441 e. The Morgan fingerprint density at radius 3 is 2.74 bits per heavy atom. The lowest BCUT2D eigenvalue weighted by Crippen LogP contribution is -2.34. The van der Waals surface area contributed by atoms with Gasteiger partial charge in [-0.2, -0.15) is 13.2 Å². The highest BCUT2D eigenvalue weighted by Gasteiger charge is 2.41. The van der Waals surface area contributed by atoms with Gasteiger partial charge in [0.05, 0.1) is 6.54 Å². The zero-order valence-corrected chi connectivity index (χ0v) is 12.5. The van der Waals surface area contributed by atoms with E-state index in [1.54, 1.807) is 0 Å². The SMILES string of the molecule is O=C1NCC2(CCCN(Cc3ccc(C(F)(F)F)nc3)CC2)O1. The molecule has 2 fully saturated rings. The summed E-state index contributed by atoms with van der Waals surface area (Å²) in [7, 11) is 0. The number of hydrogen-bond donors (Lipinski definition) is 1. The summed E-state index contributed by atoms with van der Waals surface area (Å²) in [6, 6.07) is 2.48. The van der Waals surface area contributed by atoms with Gasteiger partial charge in [0.1, 0.15) is 11.3 Å². The first-order valence-corrected chi connectivity index (χ1v) is 7.58. The predicted octanol–water partition coefficient (Wildman–Crippen LogP) is 2.56. The molecule has 0 aromatic carbocycles. The lowest BCUT2D eigenvalue weighted by molar-refractivity contribution is -0.141. The zero-order chi connectivity index (χ0) is 16.5. The van der Waals surface area contributed by atoms with Crippen molar-refractivity contribution in [2.24, 2.45) is 0 Å². The lowest BCUT2D eigenvalue weighted by atomic mass is 9.95. The molecule has 1 spiro atoms. The molecule has 0 bridgehead atoms. The molecule has 0 saturated carbocycles. The number of nitrogens with zero attached hydrogens (tertiary/aromatic N) is 2. The Labute approximate surface area is 131 Å². The van der Waals surface area contributed by atoms with E-state index in [9.17, 15) is 18.0 Å². The largest absolute Gasteiger partial charge is 0.441 e. The number of alkyl halides is 3. The van der Waals surface area contributed by atoms with Crippen LogP contribution in [0.25, 0.3) is 0 Å². The summed E-state index contributed by atoms with van der Waals surface area (Å²) in [6.45, 7) is 2.63. The number of alkyl carbamates (subject to hydrolysis) is 1. The van der Waals surface area contributed by atoms with E-state index in [1.165, 1.54) is 12.3 Å². The molecular formula is C15H18F3N3O2. The van der Waals surface area contributed by atoms with Crippen LogP contribution in [-0.2, 0) is 17.5 Å². The van der Waals surface area contributed by atoms with E-state index in [0.717, 1.165) is 44.0 Å². The number of halogens is 3. The molecule has 0 radical (unpaired) electrons. The lowest BCUT2D eigenvalue weighted by Gasteiger charge is -2.25. The van der Waals surface area contributed by atoms with Gasteiger partial charge in [0.2, 0.25) is 0 Å². The third-order valence-corrected chi connectivity index (χ3v) is 4.38. The normalized spacial score (nSPS) is 26.0. The van der Waals surface area contributed by atoms with Crippen LogP contribution < -0.4 is 5.32 Å². The Kier molecular flexibility index (Phi) is 4.18. The van der Waals surface area contributed by atoms with Crippen molar-refractivity contribution in [3.63, 3.8) is 0 Å². The van der Waals surface area contributed by atoms with E-state index < -0.39 is 17.5 Å². The average molecular weight is 329 g/mol. The number of rotatable bonds is 2. The minimum absolute atomic E-state index is 0.370. The second-order valence-electron chi connectivity index (χ2n) is 6.11. The molecule has 1 unspecified atom stereocenters. The molecule has 1 amide bonds. The van der Waals surface area contributed by atoms with E-state index in [4.69, 9.17) is 4.74 Å². The number of amides is 1. The molecule has 5 nitrogen and oxygen atoms in total. The summed E-state index contributed by atoms with van der Waals surface area (Å²) in [5.74, 6) is 0. The fraction of sp³-hybridized carbons (Fsp3) is 0.600. The molecule has 23 heavy (non-hydrogen) atoms. The van der Waals surface area contributed by atoms with Gasteiger partial charge >= 0.3 is 12.3 Å². The van der Waals surface area contributed by atoms with E-state index in [0.29, 0.717) is 13.1 Å². The van der Waals surface area contributed by atoms with Crippen molar-refractivity contribution in [3.8, 4) is 0 Å². The van der Waals surface area contributed by atoms with Gasteiger partial charge in [0, 0.05) is 25.7 Å². The first-order valence-electron chi connectivity index (χ1n) is 7.58. The molecule has 3 heterocycles. The number of likely N-dealkylation sites (tertiary alicyclic amines) is 1. The van der Waals surface area contributed by atoms with E-state index in [-0.39, 0.29) is 6.09 Å². The molecule has 8 heteroatoms. The molecule has 1 atom stereocenters. The Morgan fingerprint density at radius 1 is 1.30 bits per heavy atom. The summed E-state index contributed by atoms with van der Waals surface area (Å²) in [5, 5.41) is 2.70. The number of hydrogen-bond acceptors (Lipinski definition) is 4. The third-order valence-electron chi connectivity index (χ3n) is 4.38. The van der Waals surface area contributed by atoms with Crippen LogP contribution in [0.5, 0.6) is 0 Å². The maximum absolute atomic E-state index is 12.5. The fourth-order valence-electron chi connectivity index (χ4n) is 3.11. The quantitative estimate of drug-likeness (QED) is 0.906. The van der Waals surface area contributed by atoms with Crippen molar-refractivity contribution in [2.75, 3.05) is 19.6 Å². The van der Waals surface area contributed by atoms with Crippen LogP contribution >= 0.6 is 0 Å². The van der Waals surface area contributed by atoms with Gasteiger partial charge in [-0.15, -0.1) is 0 Å². The molecule has 2 saturated heterocycles. The van der Waals surface area contributed by atoms with Crippen molar-refractivity contribution < 1.29 is 22.7 Å². The Bertz CT molecular complexity index is 576. The van der Waals surface area contributed by atoms with Gasteiger partial charge in [-0.1, -0.05) is 6.07 Å². The molecule has 1 aromatic rings. The van der Waals surface area contributed by atoms with Crippen LogP contribution in [-0.4, -0.2) is 41.2 Å². The van der Waals surface area contributed by atoms with Crippen molar-refractivity contribution in [2.45, 2.75) is 37.6 Å². The second-order valence-corrected chi connectivity index (χ2v) is 6.11. The number of aromatic nitrogens is 1. The number of carbonyl (C=O) groups excluding carboxylic acids is 1. The highest BCUT2D eigenvalue weighted by Crippen LogP contribution is 2.30. The van der Waals surface area contributed by atoms with Gasteiger partial charge in [-0.3, -0.25) is 9.88 Å². The van der Waals surface area contributed by atoms with Gasteiger partial charge in [-0.05, 0) is 31.0 Å². The molecule has 3 rings (SSSR count). The van der Waals surface area contributed by atoms with Crippen molar-refractivity contribution in [3.05, 3.63) is 29.6 Å². The van der Waals surface area contributed by atoms with Crippen molar-refractivity contribution >= 4 is 6.09 Å². The summed E-state index contributed by atoms with van der Waals surface area (Å²) in [4.78, 5) is 16.9. The molecular weight excluding hydrogens is 311 g/mol. The van der Waals surface area contributed by atoms with Crippen LogP contribution in [0.2, 0.25) is 0 Å². The summed E-state index contributed by atoms with van der Waals surface area (Å²) >= 11 is 0. The highest BCUT2D eigenvalue weighted by molar-refractivity contribution is 5.70. The molecule has 126 valence electrons. The smallest absolute Gasteiger partial charge is 0.433 e. The third kappa shape index (κ3) is 3.74. The van der Waals surface area contributed by atoms with Gasteiger partial charge < -0.3 is 10.1 Å². The maximum atomic E-state index is 12.5. The monoisotopic (exact) mass is 329 g/mol. The minimum atomic E-state index is -4.41. The standard InChI is InChI=1S/C15H18F3N3O2/c16-15(17,18)12-3-2-11(8-19-12)9-21-6-1-4-14(5-7-21)10-20-13(22)23-14/h2-3,8H,1,4-7,9-10H2,(H,20,22). The molecule has 0 aliphatic carbocycles. The van der Waals surface area contributed by atoms with E-state index in [1.807, 2.05) is 0 Å². The van der Waals surface area contributed by atoms with Gasteiger partial charge in [-0.25, -0.2) is 4.79 Å². The van der Waals surface area contributed by atoms with E-state index >= 15 is 0 Å². The topological polar surface area (TPSA) is 54.5 Å². The van der Waals surface area contributed by atoms with Crippen LogP contribution in [0.1, 0.15) is 30.5 Å². The Morgan fingerprint density at radius 2 is 2.13 bits per heavy atom. The summed E-state index contributed by atoms with van der Waals surface area (Å²) < 4.78 is 42.9. The maximum Gasteiger partial charge on any atom is 0.433 e. The zero-order valence-electron chi connectivity index (χ0n) is 12.5. The number of nitrogens with one attached hydrogen (secondary N) is 1. The van der Waals surface area contributed by atoms with Crippen LogP contribution in [0.15, 0.2) is 18.3 Å². The number of ether oxygens (including phenoxy) is 1. The first kappa shape index (κ1) is 16.0. The second kappa shape index (κ2) is 5.99.